The molecule has 0 aliphatic rings. The lowest BCUT2D eigenvalue weighted by Crippen LogP contribution is -2.25. The summed E-state index contributed by atoms with van der Waals surface area (Å²) in [4.78, 5) is 17.3. The molecule has 2 aromatic heterocycles. The van der Waals surface area contributed by atoms with Gasteiger partial charge in [0.15, 0.2) is 0 Å². The number of fused-ring (bicyclic) bond motifs is 1. The van der Waals surface area contributed by atoms with Gasteiger partial charge >= 0.3 is 0 Å². The summed E-state index contributed by atoms with van der Waals surface area (Å²) in [6.45, 7) is 3.73. The van der Waals surface area contributed by atoms with Crippen molar-refractivity contribution < 1.29 is 4.74 Å². The number of aryl methyl sites for hydroxylation is 1. The Bertz CT molecular complexity index is 1110. The van der Waals surface area contributed by atoms with Crippen LogP contribution >= 0.6 is 15.9 Å². The minimum atomic E-state index is -0.334. The minimum absolute atomic E-state index is 0.0641. The van der Waals surface area contributed by atoms with Gasteiger partial charge in [0, 0.05) is 16.2 Å². The third-order valence-electron chi connectivity index (χ3n) is 4.16. The first-order valence-electron chi connectivity index (χ1n) is 7.45. The van der Waals surface area contributed by atoms with E-state index in [1.165, 1.54) is 10.8 Å². The molecule has 0 amide bonds. The van der Waals surface area contributed by atoms with Gasteiger partial charge in [0.05, 0.1) is 23.7 Å². The summed E-state index contributed by atoms with van der Waals surface area (Å²) < 4.78 is 7.38. The van der Waals surface area contributed by atoms with Crippen LogP contribution in [0.1, 0.15) is 16.7 Å². The van der Waals surface area contributed by atoms with Gasteiger partial charge in [0.1, 0.15) is 23.2 Å². The van der Waals surface area contributed by atoms with Crippen molar-refractivity contribution in [3.8, 4) is 17.5 Å². The molecule has 3 rings (SSSR count). The van der Waals surface area contributed by atoms with E-state index < -0.39 is 0 Å². The molecule has 0 fully saturated rings. The van der Waals surface area contributed by atoms with Gasteiger partial charge in [-0.1, -0.05) is 6.07 Å². The van der Waals surface area contributed by atoms with Crippen LogP contribution in [-0.2, 0) is 0 Å². The Morgan fingerprint density at radius 2 is 2.08 bits per heavy atom. The van der Waals surface area contributed by atoms with E-state index in [9.17, 15) is 10.1 Å². The summed E-state index contributed by atoms with van der Waals surface area (Å²) in [5, 5.41) is 9.89. The third-order valence-corrected chi connectivity index (χ3v) is 4.59. The predicted molar refractivity (Wildman–Crippen MR) is 100 cm³/mol. The van der Waals surface area contributed by atoms with Crippen LogP contribution in [0.15, 0.2) is 33.7 Å². The fraction of sp³-hybridized carbons (Fsp3) is 0.167. The van der Waals surface area contributed by atoms with Gasteiger partial charge in [-0.2, -0.15) is 5.26 Å². The summed E-state index contributed by atoms with van der Waals surface area (Å²) in [6.07, 6.45) is 1.54. The molecule has 1 aromatic carbocycles. The molecule has 0 aliphatic carbocycles. The van der Waals surface area contributed by atoms with Gasteiger partial charge < -0.3 is 10.5 Å². The van der Waals surface area contributed by atoms with Crippen LogP contribution < -0.4 is 16.0 Å². The van der Waals surface area contributed by atoms with E-state index in [-0.39, 0.29) is 16.9 Å². The van der Waals surface area contributed by atoms with Crippen LogP contribution in [0.5, 0.6) is 5.75 Å². The van der Waals surface area contributed by atoms with Crippen molar-refractivity contribution in [2.75, 3.05) is 12.8 Å². The molecule has 2 heterocycles. The molecule has 6 nitrogen and oxygen atoms in total. The Labute approximate surface area is 152 Å². The fourth-order valence-corrected chi connectivity index (χ4v) is 3.31. The number of anilines is 1. The molecular formula is C18H15BrN4O2. The average molecular weight is 399 g/mol. The molecule has 7 heteroatoms. The Morgan fingerprint density at radius 3 is 2.72 bits per heavy atom. The van der Waals surface area contributed by atoms with Crippen molar-refractivity contribution in [1.29, 1.82) is 5.26 Å². The first kappa shape index (κ1) is 17.0. The van der Waals surface area contributed by atoms with Crippen LogP contribution in [0, 0.1) is 25.2 Å². The maximum atomic E-state index is 13.1. The largest absolute Gasteiger partial charge is 0.496 e. The number of halogens is 1. The van der Waals surface area contributed by atoms with E-state index in [4.69, 9.17) is 10.5 Å². The highest BCUT2D eigenvalue weighted by atomic mass is 79.9. The number of nitrogen functional groups attached to an aromatic ring is 1. The number of nitriles is 1. The molecule has 0 radical (unpaired) electrons. The quantitative estimate of drug-likeness (QED) is 0.714. The number of hydrogen-bond acceptors (Lipinski definition) is 5. The van der Waals surface area contributed by atoms with Gasteiger partial charge in [-0.25, -0.2) is 0 Å². The van der Waals surface area contributed by atoms with E-state index in [0.717, 1.165) is 11.1 Å². The zero-order chi connectivity index (χ0) is 18.3. The van der Waals surface area contributed by atoms with Gasteiger partial charge in [-0.15, -0.1) is 0 Å². The molecule has 25 heavy (non-hydrogen) atoms. The normalized spacial score (nSPS) is 10.7. The Kier molecular flexibility index (Phi) is 4.23. The smallest absolute Gasteiger partial charge is 0.266 e. The lowest BCUT2D eigenvalue weighted by atomic mass is 10.1. The number of aromatic nitrogens is 2. The van der Waals surface area contributed by atoms with E-state index in [2.05, 4.69) is 27.0 Å². The lowest BCUT2D eigenvalue weighted by molar-refractivity contribution is 0.411. The second kappa shape index (κ2) is 6.22. The zero-order valence-corrected chi connectivity index (χ0v) is 15.5. The fourth-order valence-electron chi connectivity index (χ4n) is 2.98. The van der Waals surface area contributed by atoms with Crippen molar-refractivity contribution in [3.63, 3.8) is 0 Å². The van der Waals surface area contributed by atoms with Crippen molar-refractivity contribution in [2.24, 2.45) is 0 Å². The Hall–Kier alpha value is -2.85. The van der Waals surface area contributed by atoms with Gasteiger partial charge in [-0.3, -0.25) is 14.3 Å². The molecule has 0 spiro atoms. The number of nitrogens with zero attached hydrogens (tertiary/aromatic N) is 3. The maximum absolute atomic E-state index is 13.1. The van der Waals surface area contributed by atoms with Crippen molar-refractivity contribution in [1.82, 2.24) is 9.55 Å². The summed E-state index contributed by atoms with van der Waals surface area (Å²) in [6, 6.07) is 7.40. The van der Waals surface area contributed by atoms with Gasteiger partial charge in [0.2, 0.25) is 0 Å². The highest BCUT2D eigenvalue weighted by Gasteiger charge is 2.20. The number of rotatable bonds is 2. The van der Waals surface area contributed by atoms with Gasteiger partial charge in [0.25, 0.3) is 5.56 Å². The molecule has 0 unspecified atom stereocenters. The molecule has 2 N–H and O–H groups in total. The molecule has 0 bridgehead atoms. The van der Waals surface area contributed by atoms with Crippen molar-refractivity contribution in [3.05, 3.63) is 55.9 Å². The molecule has 0 saturated carbocycles. The molecule has 0 atom stereocenters. The second-order valence-electron chi connectivity index (χ2n) is 5.62. The molecular weight excluding hydrogens is 384 g/mol. The number of ether oxygens (including phenoxy) is 1. The number of nitrogens with two attached hydrogens (primary N) is 1. The molecule has 3 aromatic rings. The number of pyridine rings is 2. The summed E-state index contributed by atoms with van der Waals surface area (Å²) in [5.74, 6) is 0.701. The first-order valence-corrected chi connectivity index (χ1v) is 8.24. The monoisotopic (exact) mass is 398 g/mol. The maximum Gasteiger partial charge on any atom is 0.266 e. The van der Waals surface area contributed by atoms with Crippen molar-refractivity contribution >= 4 is 32.7 Å². The highest BCUT2D eigenvalue weighted by Crippen LogP contribution is 2.31. The van der Waals surface area contributed by atoms with Crippen molar-refractivity contribution in [2.45, 2.75) is 13.8 Å². The molecule has 126 valence electrons. The second-order valence-corrected chi connectivity index (χ2v) is 6.54. The number of methoxy groups -OCH3 is 1. The SMILES string of the molecule is COc1ccc(C)c(-n2c(N)c(C#N)c3ncc(Br)cc3c2=O)c1C. The number of hydrogen-bond donors (Lipinski definition) is 1. The Balaban J connectivity index is 2.56. The predicted octanol–water partition coefficient (Wildman–Crippen LogP) is 3.23. The van der Waals surface area contributed by atoms with E-state index in [1.54, 1.807) is 13.2 Å². The van der Waals surface area contributed by atoms with Gasteiger partial charge in [-0.05, 0) is 47.5 Å². The lowest BCUT2D eigenvalue weighted by Gasteiger charge is -2.19. The third kappa shape index (κ3) is 2.55. The van der Waals surface area contributed by atoms with Crippen LogP contribution in [0.4, 0.5) is 5.82 Å². The summed E-state index contributed by atoms with van der Waals surface area (Å²) in [5.41, 5.74) is 8.56. The van der Waals surface area contributed by atoms with Crippen LogP contribution in [0.25, 0.3) is 16.6 Å². The zero-order valence-electron chi connectivity index (χ0n) is 13.9. The van der Waals surface area contributed by atoms with Crippen LogP contribution in [0.3, 0.4) is 0 Å². The molecule has 0 saturated heterocycles. The molecule has 0 aliphatic heterocycles. The highest BCUT2D eigenvalue weighted by molar-refractivity contribution is 9.10. The first-order chi connectivity index (χ1) is 11.9. The van der Waals surface area contributed by atoms with Crippen LogP contribution in [-0.4, -0.2) is 16.7 Å². The summed E-state index contributed by atoms with van der Waals surface area (Å²) in [7, 11) is 1.57. The van der Waals surface area contributed by atoms with Crippen LogP contribution in [0.2, 0.25) is 0 Å². The summed E-state index contributed by atoms with van der Waals surface area (Å²) >= 11 is 3.32. The van der Waals surface area contributed by atoms with E-state index in [0.29, 0.717) is 26.8 Å². The minimum Gasteiger partial charge on any atom is -0.496 e. The average Bonchev–Trinajstić information content (AvgIpc) is 2.59. The van der Waals surface area contributed by atoms with E-state index >= 15 is 0 Å². The topological polar surface area (TPSA) is 93.9 Å². The Morgan fingerprint density at radius 1 is 1.36 bits per heavy atom. The van der Waals surface area contributed by atoms with E-state index in [1.807, 2.05) is 26.0 Å². The standard InChI is InChI=1S/C18H15BrN4O2/c1-9-4-5-14(25-3)10(2)16(9)23-17(21)13(7-20)15-12(18(23)24)6-11(19)8-22-15/h4-6,8H,21H2,1-3H3. The number of benzene rings is 1.